The lowest BCUT2D eigenvalue weighted by Crippen LogP contribution is -2.37. The van der Waals surface area contributed by atoms with E-state index >= 15 is 0 Å². The van der Waals surface area contributed by atoms with Crippen LogP contribution in [0.5, 0.6) is 0 Å². The Kier molecular flexibility index (Phi) is 4.99. The molecule has 0 radical (unpaired) electrons. The number of rotatable bonds is 5. The summed E-state index contributed by atoms with van der Waals surface area (Å²) < 4.78 is 5.65. The van der Waals surface area contributed by atoms with Gasteiger partial charge in [-0.1, -0.05) is 30.3 Å². The number of fused-ring (bicyclic) bond motifs is 1. The van der Waals surface area contributed by atoms with E-state index in [0.717, 1.165) is 42.6 Å². The number of amides is 1. The molecule has 4 nitrogen and oxygen atoms in total. The SMILES string of the molecule is Cc1cc2occ(CC(=O)NC3CCN(Cc4ccccc4)C3)c2cc1C. The average molecular weight is 362 g/mol. The van der Waals surface area contributed by atoms with Gasteiger partial charge in [-0.05, 0) is 49.1 Å². The molecule has 140 valence electrons. The number of carbonyl (C=O) groups excluding carboxylic acids is 1. The third-order valence-corrected chi connectivity index (χ3v) is 5.51. The summed E-state index contributed by atoms with van der Waals surface area (Å²) in [5.41, 5.74) is 5.57. The van der Waals surface area contributed by atoms with E-state index in [1.54, 1.807) is 6.26 Å². The second kappa shape index (κ2) is 7.57. The van der Waals surface area contributed by atoms with Gasteiger partial charge >= 0.3 is 0 Å². The highest BCUT2D eigenvalue weighted by atomic mass is 16.3. The normalized spacial score (nSPS) is 17.5. The van der Waals surface area contributed by atoms with E-state index in [-0.39, 0.29) is 11.9 Å². The zero-order valence-electron chi connectivity index (χ0n) is 16.0. The molecule has 0 aliphatic carbocycles. The van der Waals surface area contributed by atoms with Crippen molar-refractivity contribution in [3.05, 3.63) is 71.0 Å². The molecule has 1 aliphatic heterocycles. The lowest BCUT2D eigenvalue weighted by molar-refractivity contribution is -0.121. The largest absolute Gasteiger partial charge is 0.464 e. The van der Waals surface area contributed by atoms with Crippen molar-refractivity contribution in [2.45, 2.75) is 39.3 Å². The summed E-state index contributed by atoms with van der Waals surface area (Å²) in [6.45, 7) is 7.03. The number of hydrogen-bond acceptors (Lipinski definition) is 3. The molecule has 0 bridgehead atoms. The molecule has 3 aromatic rings. The minimum absolute atomic E-state index is 0.0717. The monoisotopic (exact) mass is 362 g/mol. The zero-order valence-corrected chi connectivity index (χ0v) is 16.0. The summed E-state index contributed by atoms with van der Waals surface area (Å²) in [5.74, 6) is 0.0717. The van der Waals surface area contributed by atoms with Crippen LogP contribution < -0.4 is 5.32 Å². The van der Waals surface area contributed by atoms with Crippen LogP contribution in [0.2, 0.25) is 0 Å². The second-order valence-corrected chi connectivity index (χ2v) is 7.64. The molecule has 1 unspecified atom stereocenters. The zero-order chi connectivity index (χ0) is 18.8. The molecule has 1 fully saturated rings. The molecule has 1 atom stereocenters. The van der Waals surface area contributed by atoms with Gasteiger partial charge in [0.05, 0.1) is 12.7 Å². The molecule has 1 aliphatic rings. The number of furan rings is 1. The van der Waals surface area contributed by atoms with Gasteiger partial charge in [0.15, 0.2) is 0 Å². The average Bonchev–Trinajstić information content (AvgIpc) is 3.24. The fraction of sp³-hybridized carbons (Fsp3) is 0.348. The fourth-order valence-electron chi connectivity index (χ4n) is 3.86. The van der Waals surface area contributed by atoms with Crippen molar-refractivity contribution >= 4 is 16.9 Å². The fourth-order valence-corrected chi connectivity index (χ4v) is 3.86. The Bertz CT molecular complexity index is 946. The maximum Gasteiger partial charge on any atom is 0.224 e. The highest BCUT2D eigenvalue weighted by Gasteiger charge is 2.24. The number of hydrogen-bond donors (Lipinski definition) is 1. The van der Waals surface area contributed by atoms with E-state index in [2.05, 4.69) is 54.4 Å². The minimum atomic E-state index is 0.0717. The van der Waals surface area contributed by atoms with Crippen molar-refractivity contribution in [3.63, 3.8) is 0 Å². The predicted molar refractivity (Wildman–Crippen MR) is 108 cm³/mol. The Morgan fingerprint density at radius 2 is 1.96 bits per heavy atom. The molecule has 4 heteroatoms. The molecule has 0 spiro atoms. The lowest BCUT2D eigenvalue weighted by atomic mass is 10.0. The van der Waals surface area contributed by atoms with E-state index in [1.165, 1.54) is 16.7 Å². The number of benzene rings is 2. The molecule has 2 heterocycles. The van der Waals surface area contributed by atoms with E-state index in [0.29, 0.717) is 6.42 Å². The number of aryl methyl sites for hydroxylation is 2. The van der Waals surface area contributed by atoms with Crippen LogP contribution in [0, 0.1) is 13.8 Å². The van der Waals surface area contributed by atoms with E-state index < -0.39 is 0 Å². The molecule has 1 amide bonds. The van der Waals surface area contributed by atoms with Crippen molar-refractivity contribution in [2.24, 2.45) is 0 Å². The first-order chi connectivity index (χ1) is 13.1. The van der Waals surface area contributed by atoms with Gasteiger partial charge in [0, 0.05) is 36.6 Å². The van der Waals surface area contributed by atoms with Crippen LogP contribution in [0.25, 0.3) is 11.0 Å². The number of carbonyl (C=O) groups is 1. The summed E-state index contributed by atoms with van der Waals surface area (Å²) >= 11 is 0. The van der Waals surface area contributed by atoms with Gasteiger partial charge < -0.3 is 9.73 Å². The van der Waals surface area contributed by atoms with Gasteiger partial charge in [0.1, 0.15) is 5.58 Å². The molecule has 1 aromatic heterocycles. The van der Waals surface area contributed by atoms with Crippen LogP contribution in [0.3, 0.4) is 0 Å². The third-order valence-electron chi connectivity index (χ3n) is 5.51. The van der Waals surface area contributed by atoms with Crippen molar-refractivity contribution in [3.8, 4) is 0 Å². The first-order valence-corrected chi connectivity index (χ1v) is 9.61. The maximum atomic E-state index is 12.6. The first kappa shape index (κ1) is 17.8. The Morgan fingerprint density at radius 3 is 2.78 bits per heavy atom. The van der Waals surface area contributed by atoms with Crippen molar-refractivity contribution < 1.29 is 9.21 Å². The van der Waals surface area contributed by atoms with Crippen LogP contribution in [0.1, 0.15) is 28.7 Å². The van der Waals surface area contributed by atoms with Crippen molar-refractivity contribution in [1.82, 2.24) is 10.2 Å². The molecular formula is C23H26N2O2. The molecule has 0 saturated carbocycles. The molecule has 1 N–H and O–H groups in total. The molecule has 27 heavy (non-hydrogen) atoms. The van der Waals surface area contributed by atoms with Gasteiger partial charge in [-0.2, -0.15) is 0 Å². The Balaban J connectivity index is 1.34. The number of nitrogens with zero attached hydrogens (tertiary/aromatic N) is 1. The van der Waals surface area contributed by atoms with E-state index in [9.17, 15) is 4.79 Å². The molecule has 1 saturated heterocycles. The first-order valence-electron chi connectivity index (χ1n) is 9.61. The van der Waals surface area contributed by atoms with Gasteiger partial charge in [-0.3, -0.25) is 9.69 Å². The standard InChI is InChI=1S/C23H26N2O2/c1-16-10-21-19(15-27-22(21)11-17(16)2)12-23(26)24-20-8-9-25(14-20)13-18-6-4-3-5-7-18/h3-7,10-11,15,20H,8-9,12-14H2,1-2H3,(H,24,26). The Hall–Kier alpha value is -2.59. The number of nitrogens with one attached hydrogen (secondary N) is 1. The van der Waals surface area contributed by atoms with E-state index in [1.807, 2.05) is 12.1 Å². The quantitative estimate of drug-likeness (QED) is 0.747. The van der Waals surface area contributed by atoms with Gasteiger partial charge in [0.2, 0.25) is 5.91 Å². The lowest BCUT2D eigenvalue weighted by Gasteiger charge is -2.16. The van der Waals surface area contributed by atoms with Gasteiger partial charge in [-0.15, -0.1) is 0 Å². The molecule has 4 rings (SSSR count). The van der Waals surface area contributed by atoms with Crippen LogP contribution >= 0.6 is 0 Å². The van der Waals surface area contributed by atoms with E-state index in [4.69, 9.17) is 4.42 Å². The van der Waals surface area contributed by atoms with Crippen LogP contribution in [0.15, 0.2) is 53.1 Å². The highest BCUT2D eigenvalue weighted by Crippen LogP contribution is 2.25. The maximum absolute atomic E-state index is 12.6. The van der Waals surface area contributed by atoms with Gasteiger partial charge in [-0.25, -0.2) is 0 Å². The summed E-state index contributed by atoms with van der Waals surface area (Å²) in [6.07, 6.45) is 3.09. The summed E-state index contributed by atoms with van der Waals surface area (Å²) in [5, 5.41) is 4.25. The third kappa shape index (κ3) is 4.06. The summed E-state index contributed by atoms with van der Waals surface area (Å²) in [6, 6.07) is 14.9. The summed E-state index contributed by atoms with van der Waals surface area (Å²) in [7, 11) is 0. The Labute approximate surface area is 160 Å². The molecular weight excluding hydrogens is 336 g/mol. The van der Waals surface area contributed by atoms with Crippen LogP contribution in [0.4, 0.5) is 0 Å². The second-order valence-electron chi connectivity index (χ2n) is 7.64. The van der Waals surface area contributed by atoms with Gasteiger partial charge in [0.25, 0.3) is 0 Å². The van der Waals surface area contributed by atoms with Crippen LogP contribution in [-0.4, -0.2) is 29.9 Å². The topological polar surface area (TPSA) is 45.5 Å². The molecule has 2 aromatic carbocycles. The minimum Gasteiger partial charge on any atom is -0.464 e. The van der Waals surface area contributed by atoms with Crippen LogP contribution in [-0.2, 0) is 17.8 Å². The smallest absolute Gasteiger partial charge is 0.224 e. The Morgan fingerprint density at radius 1 is 1.19 bits per heavy atom. The number of likely N-dealkylation sites (tertiary alicyclic amines) is 1. The summed E-state index contributed by atoms with van der Waals surface area (Å²) in [4.78, 5) is 15.0. The van der Waals surface area contributed by atoms with Crippen molar-refractivity contribution in [2.75, 3.05) is 13.1 Å². The highest BCUT2D eigenvalue weighted by molar-refractivity contribution is 5.88. The van der Waals surface area contributed by atoms with Crippen molar-refractivity contribution in [1.29, 1.82) is 0 Å². The predicted octanol–water partition coefficient (Wildman–Crippen LogP) is 3.98.